The summed E-state index contributed by atoms with van der Waals surface area (Å²) < 4.78 is 16.6. The van der Waals surface area contributed by atoms with Gasteiger partial charge in [0.1, 0.15) is 11.4 Å². The van der Waals surface area contributed by atoms with Crippen molar-refractivity contribution >= 4 is 33.5 Å². The average Bonchev–Trinajstić information content (AvgIpc) is 2.63. The molecule has 28 heavy (non-hydrogen) atoms. The number of aromatic nitrogens is 2. The first-order chi connectivity index (χ1) is 13.2. The Morgan fingerprint density at radius 1 is 1.25 bits per heavy atom. The van der Waals surface area contributed by atoms with E-state index in [0.29, 0.717) is 22.1 Å². The molecule has 1 aliphatic heterocycles. The lowest BCUT2D eigenvalue weighted by Crippen LogP contribution is -2.37. The molecule has 7 heteroatoms. The van der Waals surface area contributed by atoms with Crippen molar-refractivity contribution in [3.63, 3.8) is 0 Å². The second-order valence-corrected chi connectivity index (χ2v) is 8.28. The zero-order chi connectivity index (χ0) is 20.2. The van der Waals surface area contributed by atoms with Gasteiger partial charge in [0.2, 0.25) is 5.43 Å². The van der Waals surface area contributed by atoms with E-state index in [1.807, 2.05) is 4.90 Å². The molecular weight excluding hydrogens is 361 g/mol. The van der Waals surface area contributed by atoms with Gasteiger partial charge < -0.3 is 14.6 Å². The second-order valence-electron chi connectivity index (χ2n) is 8.28. The number of nitrogens with zero attached hydrogens (tertiary/aromatic N) is 3. The highest BCUT2D eigenvalue weighted by atomic mass is 19.1. The van der Waals surface area contributed by atoms with Crippen molar-refractivity contribution in [3.05, 3.63) is 46.1 Å². The number of carbonyl (C=O) groups is 1. The smallest absolute Gasteiger partial charge is 0.341 e. The third kappa shape index (κ3) is 2.91. The van der Waals surface area contributed by atoms with Gasteiger partial charge in [-0.05, 0) is 30.4 Å². The number of hydrogen-bond donors (Lipinski definition) is 1. The maximum absolute atomic E-state index is 15.0. The molecular formula is C21H22FN3O3. The van der Waals surface area contributed by atoms with E-state index in [0.717, 1.165) is 25.9 Å². The zero-order valence-corrected chi connectivity index (χ0v) is 16.1. The Morgan fingerprint density at radius 2 is 1.93 bits per heavy atom. The van der Waals surface area contributed by atoms with Gasteiger partial charge in [0.05, 0.1) is 28.3 Å². The molecule has 1 aliphatic rings. The van der Waals surface area contributed by atoms with E-state index in [1.165, 1.54) is 23.0 Å². The SMILES string of the molecule is Cn1cc(C(=O)O)c(=O)c2c3cc(F)c(N4CCC(C)(C)CC4)cc3ncc21. The van der Waals surface area contributed by atoms with Gasteiger partial charge in [0, 0.05) is 31.7 Å². The number of aryl methyl sites for hydroxylation is 1. The Morgan fingerprint density at radius 3 is 2.57 bits per heavy atom. The minimum atomic E-state index is -1.31. The van der Waals surface area contributed by atoms with Crippen LogP contribution in [0.1, 0.15) is 37.0 Å². The molecule has 0 atom stereocenters. The number of pyridine rings is 2. The highest BCUT2D eigenvalue weighted by Crippen LogP contribution is 2.35. The largest absolute Gasteiger partial charge is 0.477 e. The molecule has 0 radical (unpaired) electrons. The molecule has 3 aromatic rings. The lowest BCUT2D eigenvalue weighted by atomic mass is 9.82. The Hall–Kier alpha value is -2.96. The van der Waals surface area contributed by atoms with Crippen LogP contribution in [0, 0.1) is 11.2 Å². The van der Waals surface area contributed by atoms with Crippen molar-refractivity contribution in [2.45, 2.75) is 26.7 Å². The van der Waals surface area contributed by atoms with Gasteiger partial charge in [-0.2, -0.15) is 0 Å². The normalized spacial score (nSPS) is 16.6. The van der Waals surface area contributed by atoms with Gasteiger partial charge >= 0.3 is 5.97 Å². The molecule has 3 heterocycles. The summed E-state index contributed by atoms with van der Waals surface area (Å²) in [6, 6.07) is 2.97. The van der Waals surface area contributed by atoms with Gasteiger partial charge in [-0.3, -0.25) is 9.78 Å². The van der Waals surface area contributed by atoms with Crippen LogP contribution < -0.4 is 10.3 Å². The van der Waals surface area contributed by atoms with Gasteiger partial charge in [-0.1, -0.05) is 13.8 Å². The Labute approximate surface area is 161 Å². The summed E-state index contributed by atoms with van der Waals surface area (Å²) >= 11 is 0. The van der Waals surface area contributed by atoms with Gasteiger partial charge in [-0.25, -0.2) is 9.18 Å². The second kappa shape index (κ2) is 6.29. The lowest BCUT2D eigenvalue weighted by Gasteiger charge is -2.38. The van der Waals surface area contributed by atoms with Crippen LogP contribution in [0.25, 0.3) is 21.8 Å². The number of hydrogen-bond acceptors (Lipinski definition) is 4. The molecule has 1 N–H and O–H groups in total. The molecule has 0 saturated carbocycles. The standard InChI is InChI=1S/C21H22FN3O3/c1-21(2)4-6-25(7-5-21)16-9-15-12(8-14(16)22)18-17(10-23-15)24(3)11-13(19(18)26)20(27)28/h8-11H,4-7H2,1-3H3,(H,27,28). The summed E-state index contributed by atoms with van der Waals surface area (Å²) in [7, 11) is 1.64. The fraction of sp³-hybridized carbons (Fsp3) is 0.381. The van der Waals surface area contributed by atoms with Crippen LogP contribution in [0.15, 0.2) is 29.3 Å². The average molecular weight is 383 g/mol. The van der Waals surface area contributed by atoms with Crippen LogP contribution in [0.2, 0.25) is 0 Å². The molecule has 6 nitrogen and oxygen atoms in total. The molecule has 0 spiro atoms. The monoisotopic (exact) mass is 383 g/mol. The lowest BCUT2D eigenvalue weighted by molar-refractivity contribution is 0.0695. The topological polar surface area (TPSA) is 75.4 Å². The number of benzene rings is 1. The van der Waals surface area contributed by atoms with Crippen molar-refractivity contribution < 1.29 is 14.3 Å². The summed E-state index contributed by atoms with van der Waals surface area (Å²) in [6.07, 6.45) is 4.74. The maximum Gasteiger partial charge on any atom is 0.341 e. The molecule has 1 saturated heterocycles. The predicted octanol–water partition coefficient (Wildman–Crippen LogP) is 3.55. The molecule has 0 unspecified atom stereocenters. The summed E-state index contributed by atoms with van der Waals surface area (Å²) in [5, 5.41) is 9.83. The van der Waals surface area contributed by atoms with E-state index in [4.69, 9.17) is 0 Å². The van der Waals surface area contributed by atoms with Crippen LogP contribution in [0.5, 0.6) is 0 Å². The van der Waals surface area contributed by atoms with Crippen LogP contribution in [0.3, 0.4) is 0 Å². The summed E-state index contributed by atoms with van der Waals surface area (Å²) in [4.78, 5) is 30.6. The van der Waals surface area contributed by atoms with Crippen LogP contribution >= 0.6 is 0 Å². The van der Waals surface area contributed by atoms with Crippen molar-refractivity contribution in [1.29, 1.82) is 0 Å². The van der Waals surface area contributed by atoms with Gasteiger partial charge in [0.25, 0.3) is 0 Å². The molecule has 1 aromatic carbocycles. The summed E-state index contributed by atoms with van der Waals surface area (Å²) in [6.45, 7) is 5.94. The molecule has 0 amide bonds. The summed E-state index contributed by atoms with van der Waals surface area (Å²) in [5.74, 6) is -1.73. The third-order valence-corrected chi connectivity index (χ3v) is 5.78. The maximum atomic E-state index is 15.0. The van der Waals surface area contributed by atoms with E-state index in [2.05, 4.69) is 18.8 Å². The number of fused-ring (bicyclic) bond motifs is 3. The summed E-state index contributed by atoms with van der Waals surface area (Å²) in [5.41, 5.74) is 0.700. The number of carboxylic acids is 1. The van der Waals surface area contributed by atoms with E-state index < -0.39 is 17.2 Å². The van der Waals surface area contributed by atoms with Crippen molar-refractivity contribution in [2.75, 3.05) is 18.0 Å². The number of piperidine rings is 1. The molecule has 0 aliphatic carbocycles. The van der Waals surface area contributed by atoms with Crippen molar-refractivity contribution in [3.8, 4) is 0 Å². The number of anilines is 1. The highest BCUT2D eigenvalue weighted by Gasteiger charge is 2.27. The highest BCUT2D eigenvalue weighted by molar-refractivity contribution is 6.07. The molecule has 4 rings (SSSR count). The number of carboxylic acid groups (broad SMARTS) is 1. The van der Waals surface area contributed by atoms with Crippen molar-refractivity contribution in [2.24, 2.45) is 12.5 Å². The van der Waals surface area contributed by atoms with Crippen molar-refractivity contribution in [1.82, 2.24) is 9.55 Å². The fourth-order valence-electron chi connectivity index (χ4n) is 3.90. The Kier molecular flexibility index (Phi) is 4.14. The third-order valence-electron chi connectivity index (χ3n) is 5.78. The van der Waals surface area contributed by atoms with E-state index >= 15 is 4.39 Å². The quantitative estimate of drug-likeness (QED) is 0.685. The predicted molar refractivity (Wildman–Crippen MR) is 107 cm³/mol. The molecule has 2 aromatic heterocycles. The Balaban J connectivity index is 1.92. The first-order valence-electron chi connectivity index (χ1n) is 9.28. The minimum Gasteiger partial charge on any atom is -0.477 e. The first-order valence-corrected chi connectivity index (χ1v) is 9.28. The molecule has 1 fully saturated rings. The van der Waals surface area contributed by atoms with E-state index in [1.54, 1.807) is 13.1 Å². The zero-order valence-electron chi connectivity index (χ0n) is 16.1. The number of aromatic carboxylic acids is 1. The van der Waals surface area contributed by atoms with Gasteiger partial charge in [-0.15, -0.1) is 0 Å². The Bertz CT molecular complexity index is 1170. The fourth-order valence-corrected chi connectivity index (χ4v) is 3.90. The number of rotatable bonds is 2. The molecule has 0 bridgehead atoms. The van der Waals surface area contributed by atoms with Crippen LogP contribution in [-0.2, 0) is 7.05 Å². The minimum absolute atomic E-state index is 0.178. The molecule has 146 valence electrons. The van der Waals surface area contributed by atoms with E-state index in [9.17, 15) is 14.7 Å². The van der Waals surface area contributed by atoms with Gasteiger partial charge in [0.15, 0.2) is 0 Å². The van der Waals surface area contributed by atoms with E-state index in [-0.39, 0.29) is 16.4 Å². The number of halogens is 1. The van der Waals surface area contributed by atoms with Crippen LogP contribution in [0.4, 0.5) is 10.1 Å². The first kappa shape index (κ1) is 18.4. The van der Waals surface area contributed by atoms with Crippen LogP contribution in [-0.4, -0.2) is 33.7 Å².